The molecule has 35 heavy (non-hydrogen) atoms. The summed E-state index contributed by atoms with van der Waals surface area (Å²) in [6.07, 6.45) is 7.33. The van der Waals surface area contributed by atoms with Crippen molar-refractivity contribution in [3.63, 3.8) is 0 Å². The maximum absolute atomic E-state index is 14.0. The minimum atomic E-state index is -1.06. The Balaban J connectivity index is 1.37. The Labute approximate surface area is 201 Å². The second-order valence-electron chi connectivity index (χ2n) is 8.64. The number of nitrogens with one attached hydrogen (secondary N) is 1. The molecular formula is C25H26FN7O2. The van der Waals surface area contributed by atoms with Crippen LogP contribution in [0.4, 0.5) is 4.39 Å². The molecule has 0 bridgehead atoms. The van der Waals surface area contributed by atoms with Gasteiger partial charge in [-0.3, -0.25) is 9.48 Å². The lowest BCUT2D eigenvalue weighted by Gasteiger charge is -2.27. The van der Waals surface area contributed by atoms with Crippen LogP contribution in [-0.2, 0) is 7.05 Å². The molecule has 1 aliphatic rings. The maximum Gasteiger partial charge on any atom is 0.203 e. The summed E-state index contributed by atoms with van der Waals surface area (Å²) in [6.45, 7) is 2.96. The largest absolute Gasteiger partial charge is 0.484 e. The van der Waals surface area contributed by atoms with E-state index in [4.69, 9.17) is 4.74 Å². The standard InChI is InChI=1S/C25H26FN7O2/c1-16(24-22(34)7-9-33(31-24)19-11-30-32(2)15-19)17-4-3-5-18(10-17)25-28-12-20(13-29-25)35-23-6-8-27-14-21(23)26/h3-5,7,9-13,15-16,21,23,27H,6,8,14H2,1-2H3. The van der Waals surface area contributed by atoms with Crippen LogP contribution in [0.1, 0.15) is 30.5 Å². The first kappa shape index (κ1) is 22.9. The minimum absolute atomic E-state index is 0.134. The summed E-state index contributed by atoms with van der Waals surface area (Å²) in [5.41, 5.74) is 2.78. The number of rotatable bonds is 6. The van der Waals surface area contributed by atoms with Crippen molar-refractivity contribution in [3.8, 4) is 22.8 Å². The molecule has 1 aromatic carbocycles. The Morgan fingerprint density at radius 1 is 1.20 bits per heavy atom. The van der Waals surface area contributed by atoms with Crippen molar-refractivity contribution in [2.45, 2.75) is 31.5 Å². The number of aromatic nitrogens is 6. The lowest BCUT2D eigenvalue weighted by atomic mass is 9.95. The van der Waals surface area contributed by atoms with Gasteiger partial charge >= 0.3 is 0 Å². The monoisotopic (exact) mass is 475 g/mol. The second-order valence-corrected chi connectivity index (χ2v) is 8.64. The summed E-state index contributed by atoms with van der Waals surface area (Å²) < 4.78 is 23.1. The fourth-order valence-corrected chi connectivity index (χ4v) is 4.13. The summed E-state index contributed by atoms with van der Waals surface area (Å²) in [4.78, 5) is 21.5. The molecule has 0 saturated carbocycles. The number of halogens is 1. The van der Waals surface area contributed by atoms with Gasteiger partial charge in [-0.15, -0.1) is 0 Å². The molecule has 1 fully saturated rings. The Kier molecular flexibility index (Phi) is 6.37. The van der Waals surface area contributed by atoms with Crippen LogP contribution >= 0.6 is 0 Å². The Hall–Kier alpha value is -3.92. The van der Waals surface area contributed by atoms with Crippen LogP contribution in [0.3, 0.4) is 0 Å². The summed E-state index contributed by atoms with van der Waals surface area (Å²) in [5.74, 6) is 0.704. The number of alkyl halides is 1. The number of piperidine rings is 1. The third-order valence-corrected chi connectivity index (χ3v) is 6.11. The van der Waals surface area contributed by atoms with Gasteiger partial charge in [0.1, 0.15) is 23.7 Å². The zero-order chi connectivity index (χ0) is 24.4. The highest BCUT2D eigenvalue weighted by Crippen LogP contribution is 2.26. The van der Waals surface area contributed by atoms with Gasteiger partial charge in [-0.1, -0.05) is 25.1 Å². The van der Waals surface area contributed by atoms with E-state index in [1.54, 1.807) is 34.2 Å². The number of hydrogen-bond donors (Lipinski definition) is 1. The predicted octanol–water partition coefficient (Wildman–Crippen LogP) is 2.65. The highest BCUT2D eigenvalue weighted by Gasteiger charge is 2.26. The van der Waals surface area contributed by atoms with E-state index in [9.17, 15) is 9.18 Å². The molecule has 0 radical (unpaired) electrons. The van der Waals surface area contributed by atoms with E-state index in [1.807, 2.05) is 44.4 Å². The Bertz CT molecular complexity index is 1370. The first-order valence-corrected chi connectivity index (χ1v) is 11.5. The van der Waals surface area contributed by atoms with Crippen LogP contribution in [0, 0.1) is 0 Å². The fourth-order valence-electron chi connectivity index (χ4n) is 4.13. The Morgan fingerprint density at radius 3 is 2.77 bits per heavy atom. The van der Waals surface area contributed by atoms with E-state index in [0.717, 1.165) is 23.4 Å². The van der Waals surface area contributed by atoms with E-state index in [1.165, 1.54) is 6.07 Å². The minimum Gasteiger partial charge on any atom is -0.484 e. The van der Waals surface area contributed by atoms with Gasteiger partial charge in [-0.05, 0) is 24.6 Å². The molecule has 3 unspecified atom stereocenters. The third-order valence-electron chi connectivity index (χ3n) is 6.11. The Morgan fingerprint density at radius 2 is 2.03 bits per heavy atom. The lowest BCUT2D eigenvalue weighted by Crippen LogP contribution is -2.44. The normalized spacial score (nSPS) is 18.8. The molecule has 0 aliphatic carbocycles. The first-order chi connectivity index (χ1) is 17.0. The van der Waals surface area contributed by atoms with Gasteiger partial charge in [0.15, 0.2) is 11.6 Å². The molecule has 3 atom stereocenters. The molecule has 9 nitrogen and oxygen atoms in total. The van der Waals surface area contributed by atoms with Crippen molar-refractivity contribution in [3.05, 3.63) is 82.8 Å². The van der Waals surface area contributed by atoms with Gasteiger partial charge < -0.3 is 10.1 Å². The highest BCUT2D eigenvalue weighted by atomic mass is 19.1. The van der Waals surface area contributed by atoms with Gasteiger partial charge in [0.25, 0.3) is 0 Å². The smallest absolute Gasteiger partial charge is 0.203 e. The average molecular weight is 476 g/mol. The van der Waals surface area contributed by atoms with Crippen molar-refractivity contribution in [1.29, 1.82) is 0 Å². The quantitative estimate of drug-likeness (QED) is 0.458. The van der Waals surface area contributed by atoms with Crippen molar-refractivity contribution >= 4 is 0 Å². The van der Waals surface area contributed by atoms with E-state index in [-0.39, 0.29) is 17.9 Å². The summed E-state index contributed by atoms with van der Waals surface area (Å²) in [7, 11) is 1.83. The topological polar surface area (TPSA) is 99.8 Å². The molecule has 4 aromatic rings. The number of hydrogen-bond acceptors (Lipinski definition) is 7. The second kappa shape index (κ2) is 9.75. The van der Waals surface area contributed by atoms with Crippen LogP contribution in [0.5, 0.6) is 5.75 Å². The SMILES string of the molecule is CC(c1cccc(-c2ncc(OC3CCNCC3F)cn2)c1)c1nn(-c2cnn(C)c2)ccc1=O. The van der Waals surface area contributed by atoms with Gasteiger partial charge in [0.2, 0.25) is 5.43 Å². The van der Waals surface area contributed by atoms with Crippen LogP contribution < -0.4 is 15.5 Å². The van der Waals surface area contributed by atoms with Crippen molar-refractivity contribution in [2.24, 2.45) is 7.05 Å². The molecule has 0 spiro atoms. The van der Waals surface area contributed by atoms with Crippen molar-refractivity contribution in [1.82, 2.24) is 34.8 Å². The molecule has 1 N–H and O–H groups in total. The fraction of sp³-hybridized carbons (Fsp3) is 0.320. The van der Waals surface area contributed by atoms with E-state index in [0.29, 0.717) is 23.7 Å². The number of benzene rings is 1. The molecule has 3 aromatic heterocycles. The van der Waals surface area contributed by atoms with E-state index >= 15 is 0 Å². The van der Waals surface area contributed by atoms with Crippen LogP contribution in [0.25, 0.3) is 17.1 Å². The van der Waals surface area contributed by atoms with Crippen LogP contribution in [0.2, 0.25) is 0 Å². The summed E-state index contributed by atoms with van der Waals surface area (Å²) in [5, 5.41) is 11.8. The number of ether oxygens (including phenoxy) is 1. The van der Waals surface area contributed by atoms with Crippen molar-refractivity contribution < 1.29 is 9.13 Å². The average Bonchev–Trinajstić information content (AvgIpc) is 3.32. The maximum atomic E-state index is 14.0. The summed E-state index contributed by atoms with van der Waals surface area (Å²) >= 11 is 0. The van der Waals surface area contributed by atoms with Gasteiger partial charge in [-0.25, -0.2) is 19.0 Å². The van der Waals surface area contributed by atoms with Gasteiger partial charge in [0, 0.05) is 37.3 Å². The highest BCUT2D eigenvalue weighted by molar-refractivity contribution is 5.57. The molecule has 1 saturated heterocycles. The first-order valence-electron chi connectivity index (χ1n) is 11.5. The van der Waals surface area contributed by atoms with E-state index < -0.39 is 12.3 Å². The number of aryl methyl sites for hydroxylation is 1. The van der Waals surface area contributed by atoms with Gasteiger partial charge in [-0.2, -0.15) is 10.2 Å². The number of nitrogens with zero attached hydrogens (tertiary/aromatic N) is 6. The zero-order valence-electron chi connectivity index (χ0n) is 19.5. The summed E-state index contributed by atoms with van der Waals surface area (Å²) in [6, 6.07) is 9.23. The molecule has 180 valence electrons. The molecule has 10 heteroatoms. The van der Waals surface area contributed by atoms with Crippen LogP contribution in [0.15, 0.2) is 66.1 Å². The predicted molar refractivity (Wildman–Crippen MR) is 128 cm³/mol. The molecule has 0 amide bonds. The van der Waals surface area contributed by atoms with Gasteiger partial charge in [0.05, 0.1) is 24.8 Å². The lowest BCUT2D eigenvalue weighted by molar-refractivity contribution is 0.0725. The molecule has 4 heterocycles. The zero-order valence-corrected chi connectivity index (χ0v) is 19.5. The molecule has 1 aliphatic heterocycles. The van der Waals surface area contributed by atoms with E-state index in [2.05, 4.69) is 25.5 Å². The molecule has 5 rings (SSSR count). The third kappa shape index (κ3) is 4.97. The van der Waals surface area contributed by atoms with Crippen molar-refractivity contribution in [2.75, 3.05) is 13.1 Å². The van der Waals surface area contributed by atoms with Crippen LogP contribution in [-0.4, -0.2) is 54.9 Å². The molecular weight excluding hydrogens is 449 g/mol.